The Kier molecular flexibility index (Phi) is 5.63. The van der Waals surface area contributed by atoms with E-state index in [-0.39, 0.29) is 17.8 Å². The molecule has 0 radical (unpaired) electrons. The van der Waals surface area contributed by atoms with E-state index in [1.807, 2.05) is 17.9 Å². The van der Waals surface area contributed by atoms with Gasteiger partial charge in [-0.1, -0.05) is 0 Å². The number of rotatable bonds is 5. The van der Waals surface area contributed by atoms with Crippen molar-refractivity contribution in [1.82, 2.24) is 9.88 Å². The number of benzene rings is 1. The number of hydrogen-bond donors (Lipinski definition) is 0. The second-order valence-corrected chi connectivity index (χ2v) is 6.76. The van der Waals surface area contributed by atoms with E-state index in [9.17, 15) is 9.18 Å². The van der Waals surface area contributed by atoms with Crippen LogP contribution >= 0.6 is 0 Å². The number of amides is 1. The van der Waals surface area contributed by atoms with Crippen molar-refractivity contribution in [2.75, 3.05) is 20.3 Å². The fraction of sp³-hybridized carbons (Fsp3) is 0.500. The molecule has 1 aliphatic heterocycles. The highest BCUT2D eigenvalue weighted by atomic mass is 19.1. The van der Waals surface area contributed by atoms with Crippen molar-refractivity contribution in [2.24, 2.45) is 0 Å². The maximum absolute atomic E-state index is 13.5. The molecule has 1 fully saturated rings. The number of halogens is 1. The molecule has 1 aliphatic rings. The first kappa shape index (κ1) is 17.8. The minimum absolute atomic E-state index is 0.0317. The van der Waals surface area contributed by atoms with E-state index in [1.54, 1.807) is 13.2 Å². The highest BCUT2D eigenvalue weighted by molar-refractivity contribution is 6.06. The highest BCUT2D eigenvalue weighted by Crippen LogP contribution is 2.26. The Hall–Kier alpha value is -2.01. The molecular weight excluding hydrogens is 319 g/mol. The van der Waals surface area contributed by atoms with E-state index in [0.717, 1.165) is 56.3 Å². The van der Waals surface area contributed by atoms with Gasteiger partial charge >= 0.3 is 0 Å². The third kappa shape index (κ3) is 3.98. The van der Waals surface area contributed by atoms with Gasteiger partial charge in [0.05, 0.1) is 11.1 Å². The Bertz CT molecular complexity index is 757. The van der Waals surface area contributed by atoms with Crippen molar-refractivity contribution < 1.29 is 13.9 Å². The number of nitrogens with zero attached hydrogens (tertiary/aromatic N) is 2. The second-order valence-electron chi connectivity index (χ2n) is 6.76. The zero-order valence-corrected chi connectivity index (χ0v) is 14.9. The second kappa shape index (κ2) is 7.91. The number of methoxy groups -OCH3 is 1. The summed E-state index contributed by atoms with van der Waals surface area (Å²) in [5, 5.41) is 0.721. The van der Waals surface area contributed by atoms with Gasteiger partial charge in [0.15, 0.2) is 0 Å². The van der Waals surface area contributed by atoms with Crippen molar-refractivity contribution in [3.8, 4) is 0 Å². The fourth-order valence-corrected chi connectivity index (χ4v) is 3.70. The molecule has 1 aromatic heterocycles. The van der Waals surface area contributed by atoms with E-state index >= 15 is 0 Å². The normalized spacial score (nSPS) is 17.9. The maximum atomic E-state index is 13.5. The summed E-state index contributed by atoms with van der Waals surface area (Å²) in [6.07, 6.45) is 5.13. The van der Waals surface area contributed by atoms with Crippen LogP contribution in [0.3, 0.4) is 0 Å². The minimum atomic E-state index is -0.334. The van der Waals surface area contributed by atoms with Crippen molar-refractivity contribution >= 4 is 16.8 Å². The van der Waals surface area contributed by atoms with Crippen LogP contribution in [0.2, 0.25) is 0 Å². The number of piperidine rings is 1. The summed E-state index contributed by atoms with van der Waals surface area (Å²) in [5.41, 5.74) is 1.90. The van der Waals surface area contributed by atoms with Gasteiger partial charge in [-0.05, 0) is 57.2 Å². The summed E-state index contributed by atoms with van der Waals surface area (Å²) in [4.78, 5) is 19.6. The number of hydrogen-bond acceptors (Lipinski definition) is 3. The third-order valence-corrected chi connectivity index (χ3v) is 4.90. The van der Waals surface area contributed by atoms with Crippen molar-refractivity contribution in [3.05, 3.63) is 41.3 Å². The number of ether oxygens (including phenoxy) is 1. The quantitative estimate of drug-likeness (QED) is 0.767. The number of likely N-dealkylation sites (tertiary alicyclic amines) is 1. The Balaban J connectivity index is 1.91. The summed E-state index contributed by atoms with van der Waals surface area (Å²) >= 11 is 0. The van der Waals surface area contributed by atoms with E-state index in [0.29, 0.717) is 11.1 Å². The smallest absolute Gasteiger partial charge is 0.254 e. The van der Waals surface area contributed by atoms with Gasteiger partial charge in [-0.3, -0.25) is 9.78 Å². The van der Waals surface area contributed by atoms with Gasteiger partial charge < -0.3 is 9.64 Å². The summed E-state index contributed by atoms with van der Waals surface area (Å²) < 4.78 is 18.7. The molecule has 5 heteroatoms. The van der Waals surface area contributed by atoms with Gasteiger partial charge in [0.25, 0.3) is 5.91 Å². The molecule has 134 valence electrons. The van der Waals surface area contributed by atoms with Crippen LogP contribution in [0.25, 0.3) is 10.9 Å². The van der Waals surface area contributed by atoms with Crippen LogP contribution in [0, 0.1) is 12.7 Å². The first-order valence-corrected chi connectivity index (χ1v) is 8.97. The van der Waals surface area contributed by atoms with Crippen LogP contribution in [0.4, 0.5) is 4.39 Å². The molecule has 3 rings (SSSR count). The molecule has 25 heavy (non-hydrogen) atoms. The van der Waals surface area contributed by atoms with Gasteiger partial charge in [-0.2, -0.15) is 0 Å². The van der Waals surface area contributed by atoms with Crippen molar-refractivity contribution in [2.45, 2.75) is 45.1 Å². The van der Waals surface area contributed by atoms with E-state index in [2.05, 4.69) is 4.98 Å². The van der Waals surface area contributed by atoms with Crippen LogP contribution in [0.5, 0.6) is 0 Å². The Morgan fingerprint density at radius 3 is 3.00 bits per heavy atom. The molecule has 4 nitrogen and oxygen atoms in total. The van der Waals surface area contributed by atoms with Gasteiger partial charge in [0.2, 0.25) is 0 Å². The summed E-state index contributed by atoms with van der Waals surface area (Å²) in [7, 11) is 1.70. The molecule has 0 unspecified atom stereocenters. The molecule has 2 heterocycles. The molecule has 1 atom stereocenters. The van der Waals surface area contributed by atoms with Crippen molar-refractivity contribution in [1.29, 1.82) is 0 Å². The number of fused-ring (bicyclic) bond motifs is 1. The number of pyridine rings is 1. The first-order chi connectivity index (χ1) is 12.1. The van der Waals surface area contributed by atoms with Gasteiger partial charge in [0.1, 0.15) is 5.82 Å². The molecule has 1 amide bonds. The Labute approximate surface area is 148 Å². The molecule has 0 bridgehead atoms. The summed E-state index contributed by atoms with van der Waals surface area (Å²) in [6.45, 7) is 3.34. The predicted molar refractivity (Wildman–Crippen MR) is 96.2 cm³/mol. The molecule has 0 N–H and O–H groups in total. The largest absolute Gasteiger partial charge is 0.385 e. The van der Waals surface area contributed by atoms with E-state index in [1.165, 1.54) is 12.1 Å². The average Bonchev–Trinajstić information content (AvgIpc) is 2.60. The molecule has 1 aromatic carbocycles. The number of aryl methyl sites for hydroxylation is 1. The van der Waals surface area contributed by atoms with Crippen LogP contribution in [-0.4, -0.2) is 42.1 Å². The minimum Gasteiger partial charge on any atom is -0.385 e. The van der Waals surface area contributed by atoms with Crippen LogP contribution in [0.15, 0.2) is 24.3 Å². The molecule has 0 spiro atoms. The van der Waals surface area contributed by atoms with E-state index in [4.69, 9.17) is 4.74 Å². The lowest BCUT2D eigenvalue weighted by Gasteiger charge is -2.36. The van der Waals surface area contributed by atoms with Crippen LogP contribution < -0.4 is 0 Å². The lowest BCUT2D eigenvalue weighted by molar-refractivity contribution is 0.0587. The SMILES string of the molecule is COCCC[C@@H]1CCCCN1C(=O)c1cc(C)nc2cc(F)ccc12. The highest BCUT2D eigenvalue weighted by Gasteiger charge is 2.28. The van der Waals surface area contributed by atoms with E-state index < -0.39 is 0 Å². The monoisotopic (exact) mass is 344 g/mol. The molecule has 0 saturated carbocycles. The topological polar surface area (TPSA) is 42.4 Å². The number of carbonyl (C=O) groups excluding carboxylic acids is 1. The molecular formula is C20H25FN2O2. The zero-order valence-electron chi connectivity index (χ0n) is 14.9. The summed E-state index contributed by atoms with van der Waals surface area (Å²) in [6, 6.07) is 6.52. The lowest BCUT2D eigenvalue weighted by atomic mass is 9.96. The molecule has 2 aromatic rings. The molecule has 0 aliphatic carbocycles. The summed E-state index contributed by atoms with van der Waals surface area (Å²) in [5.74, 6) is -0.302. The fourth-order valence-electron chi connectivity index (χ4n) is 3.70. The van der Waals surface area contributed by atoms with Gasteiger partial charge in [-0.15, -0.1) is 0 Å². The number of aromatic nitrogens is 1. The molecule has 1 saturated heterocycles. The van der Waals surface area contributed by atoms with Crippen LogP contribution in [0.1, 0.15) is 48.2 Å². The van der Waals surface area contributed by atoms with Gasteiger partial charge in [-0.25, -0.2) is 4.39 Å². The standard InChI is InChI=1S/C20H25FN2O2/c1-14-12-18(17-9-8-15(21)13-19(17)22-14)20(24)23-10-4-3-6-16(23)7-5-11-25-2/h8-9,12-13,16H,3-7,10-11H2,1-2H3/t16-/m0/s1. The predicted octanol–water partition coefficient (Wildman–Crippen LogP) is 4.10. The van der Waals surface area contributed by atoms with Crippen LogP contribution in [-0.2, 0) is 4.74 Å². The zero-order chi connectivity index (χ0) is 17.8. The maximum Gasteiger partial charge on any atom is 0.254 e. The average molecular weight is 344 g/mol. The lowest BCUT2D eigenvalue weighted by Crippen LogP contribution is -2.44. The third-order valence-electron chi connectivity index (χ3n) is 4.90. The van der Waals surface area contributed by atoms with Crippen molar-refractivity contribution in [3.63, 3.8) is 0 Å². The Morgan fingerprint density at radius 1 is 1.36 bits per heavy atom. The first-order valence-electron chi connectivity index (χ1n) is 8.97. The van der Waals surface area contributed by atoms with Gasteiger partial charge in [0, 0.05) is 43.4 Å². The Morgan fingerprint density at radius 2 is 2.20 bits per heavy atom. The number of carbonyl (C=O) groups is 1.